The van der Waals surface area contributed by atoms with E-state index in [-0.39, 0.29) is 5.97 Å². The highest BCUT2D eigenvalue weighted by Gasteiger charge is 2.03. The Balaban J connectivity index is 0.00000191. The van der Waals surface area contributed by atoms with Crippen LogP contribution in [0, 0.1) is 0 Å². The summed E-state index contributed by atoms with van der Waals surface area (Å²) in [7, 11) is 0. The smallest absolute Gasteiger partial charge is 0.302 e. The molecule has 0 bridgehead atoms. The molecule has 0 amide bonds. The van der Waals surface area contributed by atoms with Gasteiger partial charge in [-0.2, -0.15) is 0 Å². The molecule has 0 atom stereocenters. The van der Waals surface area contributed by atoms with E-state index in [9.17, 15) is 4.79 Å². The van der Waals surface area contributed by atoms with Crippen molar-refractivity contribution in [2.75, 3.05) is 6.61 Å². The van der Waals surface area contributed by atoms with Crippen molar-refractivity contribution >= 4 is 5.97 Å². The lowest BCUT2D eigenvalue weighted by Gasteiger charge is -2.03. The predicted octanol–water partition coefficient (Wildman–Crippen LogP) is 5.08. The average molecular weight is 286 g/mol. The molecule has 114 valence electrons. The summed E-state index contributed by atoms with van der Waals surface area (Å²) in [6.45, 7) is 11.5. The van der Waals surface area contributed by atoms with Crippen LogP contribution >= 0.6 is 0 Å². The highest BCUT2D eigenvalue weighted by Crippen LogP contribution is 2.19. The first-order chi connectivity index (χ1) is 10.2. The summed E-state index contributed by atoms with van der Waals surface area (Å²) >= 11 is 0. The van der Waals surface area contributed by atoms with Gasteiger partial charge < -0.3 is 4.74 Å². The molecule has 1 rings (SSSR count). The molecule has 0 aromatic heterocycles. The van der Waals surface area contributed by atoms with E-state index in [4.69, 9.17) is 4.74 Å². The second-order valence-corrected chi connectivity index (χ2v) is 4.17. The summed E-state index contributed by atoms with van der Waals surface area (Å²) in [5.41, 5.74) is 3.36. The van der Waals surface area contributed by atoms with E-state index in [0.717, 1.165) is 23.1 Å². The van der Waals surface area contributed by atoms with Gasteiger partial charge in [-0.15, -0.1) is 0 Å². The molecule has 0 N–H and O–H groups in total. The maximum absolute atomic E-state index is 10.8. The molecule has 0 spiro atoms. The minimum atomic E-state index is -0.249. The number of esters is 1. The van der Waals surface area contributed by atoms with Crippen molar-refractivity contribution in [3.8, 4) is 0 Å². The van der Waals surface area contributed by atoms with Gasteiger partial charge >= 0.3 is 5.97 Å². The van der Waals surface area contributed by atoms with Crippen molar-refractivity contribution in [2.24, 2.45) is 0 Å². The Bertz CT molecular complexity index is 486. The normalized spacial score (nSPS) is 14.6. The Morgan fingerprint density at radius 1 is 1.38 bits per heavy atom. The van der Waals surface area contributed by atoms with Gasteiger partial charge in [-0.05, 0) is 30.1 Å². The van der Waals surface area contributed by atoms with E-state index in [0.29, 0.717) is 6.61 Å². The minimum absolute atomic E-state index is 0.249. The lowest BCUT2D eigenvalue weighted by atomic mass is 10.0. The summed E-state index contributed by atoms with van der Waals surface area (Å²) in [5, 5.41) is 0. The first-order valence-electron chi connectivity index (χ1n) is 7.32. The topological polar surface area (TPSA) is 26.3 Å². The summed E-state index contributed by atoms with van der Waals surface area (Å²) in [6.07, 6.45) is 16.8. The molecule has 0 saturated carbocycles. The summed E-state index contributed by atoms with van der Waals surface area (Å²) in [6, 6.07) is 0. The summed E-state index contributed by atoms with van der Waals surface area (Å²) in [5.74, 6) is -0.249. The lowest BCUT2D eigenvalue weighted by Crippen LogP contribution is -2.02. The van der Waals surface area contributed by atoms with Crippen LogP contribution in [0.2, 0.25) is 0 Å². The van der Waals surface area contributed by atoms with E-state index < -0.39 is 0 Å². The minimum Gasteiger partial charge on any atom is -0.461 e. The number of hydrogen-bond acceptors (Lipinski definition) is 2. The van der Waals surface area contributed by atoms with Gasteiger partial charge in [-0.25, -0.2) is 0 Å². The Kier molecular flexibility index (Phi) is 10.5. The third-order valence-electron chi connectivity index (χ3n) is 2.69. The number of carbonyl (C=O) groups is 1. The van der Waals surface area contributed by atoms with Gasteiger partial charge in [0.25, 0.3) is 0 Å². The predicted molar refractivity (Wildman–Crippen MR) is 91.0 cm³/mol. The van der Waals surface area contributed by atoms with Crippen molar-refractivity contribution in [1.29, 1.82) is 0 Å². The molecule has 0 saturated heterocycles. The molecule has 1 aliphatic rings. The van der Waals surface area contributed by atoms with Crippen LogP contribution in [0.15, 0.2) is 71.9 Å². The third-order valence-corrected chi connectivity index (χ3v) is 2.69. The Labute approximate surface area is 128 Å². The van der Waals surface area contributed by atoms with Gasteiger partial charge in [0.2, 0.25) is 0 Å². The van der Waals surface area contributed by atoms with Crippen LogP contribution in [0.3, 0.4) is 0 Å². The largest absolute Gasteiger partial charge is 0.461 e. The molecule has 0 fully saturated rings. The van der Waals surface area contributed by atoms with Crippen LogP contribution < -0.4 is 0 Å². The fourth-order valence-corrected chi connectivity index (χ4v) is 1.69. The van der Waals surface area contributed by atoms with Crippen LogP contribution in [-0.4, -0.2) is 12.6 Å². The number of allylic oxidation sites excluding steroid dienone is 10. The maximum atomic E-state index is 10.8. The number of hydrogen-bond donors (Lipinski definition) is 0. The summed E-state index contributed by atoms with van der Waals surface area (Å²) < 4.78 is 5.01. The monoisotopic (exact) mass is 286 g/mol. The molecular formula is C19H26O2. The van der Waals surface area contributed by atoms with Crippen molar-refractivity contribution in [2.45, 2.75) is 34.1 Å². The zero-order valence-electron chi connectivity index (χ0n) is 13.6. The van der Waals surface area contributed by atoms with Gasteiger partial charge in [0, 0.05) is 6.92 Å². The highest BCUT2D eigenvalue weighted by molar-refractivity contribution is 5.66. The molecule has 0 heterocycles. The standard InChI is InChI=1S/C17H20O2.C2H6/c1-4-6-9-16(5-2)17-10-7-8-15(11-12-17)13-19-14(3)18;1-2/h4-7,9-12H,1,8,13H2,2-3H3;1-2H3/b9-6-,16-5+;. The molecule has 2 heteroatoms. The first-order valence-corrected chi connectivity index (χ1v) is 7.32. The Hall–Kier alpha value is -2.09. The van der Waals surface area contributed by atoms with E-state index >= 15 is 0 Å². The van der Waals surface area contributed by atoms with Gasteiger partial charge in [0.15, 0.2) is 0 Å². The van der Waals surface area contributed by atoms with Gasteiger partial charge in [-0.1, -0.05) is 69.0 Å². The van der Waals surface area contributed by atoms with Crippen LogP contribution in [0.1, 0.15) is 34.1 Å². The van der Waals surface area contributed by atoms with Gasteiger partial charge in [0.05, 0.1) is 0 Å². The number of rotatable bonds is 5. The molecule has 0 radical (unpaired) electrons. The fourth-order valence-electron chi connectivity index (χ4n) is 1.69. The fraction of sp³-hybridized carbons (Fsp3) is 0.316. The number of carbonyl (C=O) groups excluding carboxylic acids is 1. The van der Waals surface area contributed by atoms with E-state index in [1.807, 2.05) is 45.1 Å². The Morgan fingerprint density at radius 2 is 2.10 bits per heavy atom. The zero-order valence-corrected chi connectivity index (χ0v) is 13.6. The quantitative estimate of drug-likeness (QED) is 0.520. The van der Waals surface area contributed by atoms with E-state index in [1.54, 1.807) is 6.08 Å². The third kappa shape index (κ3) is 7.93. The van der Waals surface area contributed by atoms with Crippen LogP contribution in [-0.2, 0) is 9.53 Å². The molecule has 0 aliphatic heterocycles. The van der Waals surface area contributed by atoms with E-state index in [1.165, 1.54) is 6.92 Å². The molecule has 1 aliphatic carbocycles. The van der Waals surface area contributed by atoms with Crippen molar-refractivity contribution in [3.05, 3.63) is 71.9 Å². The van der Waals surface area contributed by atoms with Crippen molar-refractivity contribution < 1.29 is 9.53 Å². The van der Waals surface area contributed by atoms with Gasteiger partial charge in [0.1, 0.15) is 6.61 Å². The second kappa shape index (κ2) is 11.7. The van der Waals surface area contributed by atoms with Gasteiger partial charge in [-0.3, -0.25) is 4.79 Å². The second-order valence-electron chi connectivity index (χ2n) is 4.17. The van der Waals surface area contributed by atoms with Crippen LogP contribution in [0.4, 0.5) is 0 Å². The first kappa shape index (κ1) is 18.9. The summed E-state index contributed by atoms with van der Waals surface area (Å²) in [4.78, 5) is 10.8. The van der Waals surface area contributed by atoms with E-state index in [2.05, 4.69) is 24.8 Å². The Morgan fingerprint density at radius 3 is 2.67 bits per heavy atom. The molecule has 2 nitrogen and oxygen atoms in total. The zero-order chi connectivity index (χ0) is 16.1. The van der Waals surface area contributed by atoms with Crippen molar-refractivity contribution in [3.63, 3.8) is 0 Å². The molecular weight excluding hydrogens is 260 g/mol. The maximum Gasteiger partial charge on any atom is 0.302 e. The highest BCUT2D eigenvalue weighted by atomic mass is 16.5. The average Bonchev–Trinajstić information content (AvgIpc) is 2.74. The molecule has 0 unspecified atom stereocenters. The van der Waals surface area contributed by atoms with Crippen LogP contribution in [0.25, 0.3) is 0 Å². The lowest BCUT2D eigenvalue weighted by molar-refractivity contribution is -0.140. The number of ether oxygens (including phenoxy) is 1. The molecule has 21 heavy (non-hydrogen) atoms. The van der Waals surface area contributed by atoms with Crippen LogP contribution in [0.5, 0.6) is 0 Å². The SMILES string of the molecule is C=C/C=C\C(=C/C)C1=CC=C(COC(C)=O)CC=C1.CC. The molecule has 0 aromatic carbocycles. The molecule has 0 aromatic rings. The van der Waals surface area contributed by atoms with Crippen molar-refractivity contribution in [1.82, 2.24) is 0 Å².